The number of aromatic nitrogens is 2. The van der Waals surface area contributed by atoms with Crippen molar-refractivity contribution in [3.05, 3.63) is 77.9 Å². The molecule has 1 fully saturated rings. The van der Waals surface area contributed by atoms with Crippen molar-refractivity contribution in [1.82, 2.24) is 20.4 Å². The molecule has 0 unspecified atom stereocenters. The first-order valence-electron chi connectivity index (χ1n) is 11.4. The number of hydrogen-bond donors (Lipinski definition) is 2. The lowest BCUT2D eigenvalue weighted by Crippen LogP contribution is -2.39. The second-order valence-electron chi connectivity index (χ2n) is 8.50. The van der Waals surface area contributed by atoms with Crippen molar-refractivity contribution in [2.45, 2.75) is 26.3 Å². The van der Waals surface area contributed by atoms with Gasteiger partial charge in [-0.15, -0.1) is 10.2 Å². The Bertz CT molecular complexity index is 998. The second-order valence-corrected chi connectivity index (χ2v) is 8.50. The first-order valence-corrected chi connectivity index (χ1v) is 11.4. The fourth-order valence-corrected chi connectivity index (χ4v) is 3.90. The van der Waals surface area contributed by atoms with Gasteiger partial charge < -0.3 is 15.5 Å². The minimum absolute atomic E-state index is 0.0497. The third-order valence-corrected chi connectivity index (χ3v) is 5.99. The summed E-state index contributed by atoms with van der Waals surface area (Å²) in [5.74, 6) is 1.49. The zero-order chi connectivity index (χ0) is 22.2. The summed E-state index contributed by atoms with van der Waals surface area (Å²) >= 11 is 0. The molecule has 0 spiro atoms. The molecule has 6 heteroatoms. The molecule has 0 aliphatic carbocycles. The Balaban J connectivity index is 1.30. The van der Waals surface area contributed by atoms with Crippen LogP contribution in [0, 0.1) is 5.92 Å². The highest BCUT2D eigenvalue weighted by Crippen LogP contribution is 2.19. The summed E-state index contributed by atoms with van der Waals surface area (Å²) in [5.41, 5.74) is 3.45. The molecule has 4 rings (SSSR count). The predicted octanol–water partition coefficient (Wildman–Crippen LogP) is 4.22. The number of benzene rings is 2. The predicted molar refractivity (Wildman–Crippen MR) is 128 cm³/mol. The number of hydrogen-bond acceptors (Lipinski definition) is 5. The normalized spacial score (nSPS) is 14.8. The highest BCUT2D eigenvalue weighted by Gasteiger charge is 2.15. The lowest BCUT2D eigenvalue weighted by Gasteiger charge is -2.30. The molecule has 1 saturated heterocycles. The van der Waals surface area contributed by atoms with Gasteiger partial charge in [0.1, 0.15) is 5.82 Å². The third kappa shape index (κ3) is 6.14. The number of likely N-dealkylation sites (tertiary alicyclic amines) is 1. The zero-order valence-electron chi connectivity index (χ0n) is 18.6. The molecule has 0 radical (unpaired) electrons. The van der Waals surface area contributed by atoms with Crippen molar-refractivity contribution < 1.29 is 4.79 Å². The molecule has 6 nitrogen and oxygen atoms in total. The Labute approximate surface area is 190 Å². The van der Waals surface area contributed by atoms with Gasteiger partial charge >= 0.3 is 0 Å². The number of amides is 1. The van der Waals surface area contributed by atoms with E-state index in [4.69, 9.17) is 0 Å². The van der Waals surface area contributed by atoms with Crippen LogP contribution in [0.1, 0.15) is 35.7 Å². The lowest BCUT2D eigenvalue weighted by molar-refractivity contribution is 0.0944. The molecule has 0 atom stereocenters. The van der Waals surface area contributed by atoms with E-state index in [0.29, 0.717) is 18.7 Å². The Kier molecular flexibility index (Phi) is 7.46. The van der Waals surface area contributed by atoms with E-state index >= 15 is 0 Å². The van der Waals surface area contributed by atoms with E-state index in [2.05, 4.69) is 44.8 Å². The number of anilines is 1. The maximum atomic E-state index is 12.6. The van der Waals surface area contributed by atoms with Gasteiger partial charge in [0.05, 0.1) is 5.69 Å². The minimum atomic E-state index is -0.0497. The number of carbonyl (C=O) groups is 1. The standard InChI is InChI=1S/C26H31N5O/c1-20-12-15-31(16-13-20)17-14-27-26(32)23-9-5-8-22(18-23)24-10-11-25(30-29-24)28-19-21-6-3-2-4-7-21/h2-11,18,20H,12-17,19H2,1H3,(H,27,32)(H,28,30). The smallest absolute Gasteiger partial charge is 0.251 e. The minimum Gasteiger partial charge on any atom is -0.365 e. The Morgan fingerprint density at radius 3 is 2.56 bits per heavy atom. The fourth-order valence-electron chi connectivity index (χ4n) is 3.90. The molecule has 3 aromatic rings. The molecule has 32 heavy (non-hydrogen) atoms. The van der Waals surface area contributed by atoms with Crippen LogP contribution in [0.15, 0.2) is 66.7 Å². The molecule has 2 aromatic carbocycles. The highest BCUT2D eigenvalue weighted by molar-refractivity contribution is 5.95. The summed E-state index contributed by atoms with van der Waals surface area (Å²) in [6.07, 6.45) is 2.50. The van der Waals surface area contributed by atoms with E-state index in [-0.39, 0.29) is 5.91 Å². The van der Waals surface area contributed by atoms with E-state index in [1.54, 1.807) is 0 Å². The van der Waals surface area contributed by atoms with E-state index in [1.165, 1.54) is 18.4 Å². The zero-order valence-corrected chi connectivity index (χ0v) is 18.6. The molecular weight excluding hydrogens is 398 g/mol. The van der Waals surface area contributed by atoms with Gasteiger partial charge in [-0.05, 0) is 61.7 Å². The topological polar surface area (TPSA) is 70.2 Å². The van der Waals surface area contributed by atoms with E-state index in [1.807, 2.05) is 54.6 Å². The van der Waals surface area contributed by atoms with Crippen molar-refractivity contribution in [2.24, 2.45) is 5.92 Å². The number of carbonyl (C=O) groups excluding carboxylic acids is 1. The van der Waals surface area contributed by atoms with Gasteiger partial charge in [0.2, 0.25) is 0 Å². The number of nitrogens with one attached hydrogen (secondary N) is 2. The summed E-state index contributed by atoms with van der Waals surface area (Å²) in [5, 5.41) is 15.0. The Morgan fingerprint density at radius 2 is 1.81 bits per heavy atom. The molecular formula is C26H31N5O. The maximum Gasteiger partial charge on any atom is 0.251 e. The van der Waals surface area contributed by atoms with Gasteiger partial charge in [0, 0.05) is 30.8 Å². The van der Waals surface area contributed by atoms with Crippen molar-refractivity contribution >= 4 is 11.7 Å². The van der Waals surface area contributed by atoms with Crippen LogP contribution in [0.3, 0.4) is 0 Å². The molecule has 1 amide bonds. The fraction of sp³-hybridized carbons (Fsp3) is 0.346. The van der Waals surface area contributed by atoms with Gasteiger partial charge in [-0.3, -0.25) is 4.79 Å². The van der Waals surface area contributed by atoms with Crippen LogP contribution in [0.2, 0.25) is 0 Å². The lowest BCUT2D eigenvalue weighted by atomic mass is 9.99. The van der Waals surface area contributed by atoms with Crippen LogP contribution < -0.4 is 10.6 Å². The van der Waals surface area contributed by atoms with Crippen LogP contribution in [0.4, 0.5) is 5.82 Å². The molecule has 2 heterocycles. The Morgan fingerprint density at radius 1 is 1.00 bits per heavy atom. The van der Waals surface area contributed by atoms with Crippen molar-refractivity contribution in [1.29, 1.82) is 0 Å². The van der Waals surface area contributed by atoms with Crippen LogP contribution in [-0.2, 0) is 6.54 Å². The van der Waals surface area contributed by atoms with Crippen LogP contribution in [0.25, 0.3) is 11.3 Å². The van der Waals surface area contributed by atoms with E-state index in [9.17, 15) is 4.79 Å². The van der Waals surface area contributed by atoms with Gasteiger partial charge in [-0.2, -0.15) is 0 Å². The molecule has 1 aromatic heterocycles. The maximum absolute atomic E-state index is 12.6. The SMILES string of the molecule is CC1CCN(CCNC(=O)c2cccc(-c3ccc(NCc4ccccc4)nn3)c2)CC1. The molecule has 2 N–H and O–H groups in total. The average Bonchev–Trinajstić information content (AvgIpc) is 2.85. The first-order chi connectivity index (χ1) is 15.7. The first kappa shape index (κ1) is 22.0. The monoisotopic (exact) mass is 429 g/mol. The summed E-state index contributed by atoms with van der Waals surface area (Å²) in [7, 11) is 0. The van der Waals surface area contributed by atoms with E-state index in [0.717, 1.165) is 42.6 Å². The van der Waals surface area contributed by atoms with Gasteiger partial charge in [-0.1, -0.05) is 49.4 Å². The molecule has 1 aliphatic heterocycles. The average molecular weight is 430 g/mol. The number of piperidine rings is 1. The number of rotatable bonds is 8. The number of nitrogens with zero attached hydrogens (tertiary/aromatic N) is 3. The van der Waals surface area contributed by atoms with Crippen LogP contribution in [-0.4, -0.2) is 47.2 Å². The quantitative estimate of drug-likeness (QED) is 0.561. The molecule has 0 bridgehead atoms. The van der Waals surface area contributed by atoms with Crippen LogP contribution >= 0.6 is 0 Å². The van der Waals surface area contributed by atoms with Crippen molar-refractivity contribution in [3.8, 4) is 11.3 Å². The van der Waals surface area contributed by atoms with Gasteiger partial charge in [0.15, 0.2) is 0 Å². The summed E-state index contributed by atoms with van der Waals surface area (Å²) < 4.78 is 0. The van der Waals surface area contributed by atoms with E-state index < -0.39 is 0 Å². The van der Waals surface area contributed by atoms with Gasteiger partial charge in [-0.25, -0.2) is 0 Å². The summed E-state index contributed by atoms with van der Waals surface area (Å²) in [6.45, 7) is 6.83. The van der Waals surface area contributed by atoms with Crippen molar-refractivity contribution in [2.75, 3.05) is 31.5 Å². The summed E-state index contributed by atoms with van der Waals surface area (Å²) in [4.78, 5) is 15.1. The van der Waals surface area contributed by atoms with Gasteiger partial charge in [0.25, 0.3) is 5.91 Å². The highest BCUT2D eigenvalue weighted by atomic mass is 16.1. The largest absolute Gasteiger partial charge is 0.365 e. The molecule has 166 valence electrons. The summed E-state index contributed by atoms with van der Waals surface area (Å²) in [6, 6.07) is 21.6. The molecule has 0 saturated carbocycles. The van der Waals surface area contributed by atoms with Crippen LogP contribution in [0.5, 0.6) is 0 Å². The third-order valence-electron chi connectivity index (χ3n) is 5.99. The van der Waals surface area contributed by atoms with Crippen molar-refractivity contribution in [3.63, 3.8) is 0 Å². The Hall–Kier alpha value is -3.25. The second kappa shape index (κ2) is 10.9. The molecule has 1 aliphatic rings.